The van der Waals surface area contributed by atoms with Crippen molar-refractivity contribution in [3.05, 3.63) is 44.4 Å². The fourth-order valence-electron chi connectivity index (χ4n) is 2.59. The number of benzene rings is 1. The summed E-state index contributed by atoms with van der Waals surface area (Å²) in [4.78, 5) is 12.3. The van der Waals surface area contributed by atoms with Crippen LogP contribution in [0, 0.1) is 5.82 Å². The molecular weight excluding hydrogens is 372 g/mol. The number of rotatable bonds is 3. The fourth-order valence-corrected chi connectivity index (χ4v) is 3.27. The van der Waals surface area contributed by atoms with E-state index in [9.17, 15) is 9.18 Å². The van der Waals surface area contributed by atoms with Crippen LogP contribution in [0.15, 0.2) is 21.3 Å². The summed E-state index contributed by atoms with van der Waals surface area (Å²) in [6, 6.07) is 2.44. The maximum Gasteiger partial charge on any atom is 0.425 e. The van der Waals surface area contributed by atoms with Crippen molar-refractivity contribution in [3.8, 4) is 11.4 Å². The largest absolute Gasteiger partial charge is 0.486 e. The van der Waals surface area contributed by atoms with E-state index >= 15 is 0 Å². The van der Waals surface area contributed by atoms with Crippen molar-refractivity contribution in [2.45, 2.75) is 38.7 Å². The van der Waals surface area contributed by atoms with Gasteiger partial charge in [0.15, 0.2) is 10.9 Å². The van der Waals surface area contributed by atoms with Gasteiger partial charge in [-0.1, -0.05) is 44.0 Å². The van der Waals surface area contributed by atoms with Gasteiger partial charge in [-0.25, -0.2) is 13.8 Å². The van der Waals surface area contributed by atoms with Crippen LogP contribution in [0.1, 0.15) is 33.0 Å². The molecule has 1 aromatic carbocycles. The number of nitrogens with zero attached hydrogens (tertiary/aromatic N) is 1. The van der Waals surface area contributed by atoms with Crippen LogP contribution < -0.4 is 10.5 Å². The summed E-state index contributed by atoms with van der Waals surface area (Å²) in [5.41, 5.74) is -0.585. The molecule has 8 heteroatoms. The Morgan fingerprint density at radius 2 is 2.04 bits per heavy atom. The minimum absolute atomic E-state index is 0.0221. The van der Waals surface area contributed by atoms with Crippen molar-refractivity contribution in [3.63, 3.8) is 0 Å². The molecule has 136 valence electrons. The monoisotopic (exact) mass is 389 g/mol. The fraction of sp³-hybridized carbons (Fsp3) is 0.471. The lowest BCUT2D eigenvalue weighted by molar-refractivity contribution is 0.141. The van der Waals surface area contributed by atoms with Crippen molar-refractivity contribution < 1.29 is 18.3 Å². The van der Waals surface area contributed by atoms with Crippen molar-refractivity contribution in [1.29, 1.82) is 0 Å². The Hall–Kier alpha value is -1.50. The average molecular weight is 390 g/mol. The topological polar surface area (TPSA) is 53.6 Å². The Bertz CT molecular complexity index is 848. The van der Waals surface area contributed by atoms with Crippen molar-refractivity contribution >= 4 is 23.2 Å². The molecule has 1 aliphatic heterocycles. The predicted octanol–water partition coefficient (Wildman–Crippen LogP) is 4.34. The maximum absolute atomic E-state index is 14.5. The molecule has 2 heterocycles. The Kier molecular flexibility index (Phi) is 4.88. The van der Waals surface area contributed by atoms with Gasteiger partial charge in [0.1, 0.15) is 17.7 Å². The summed E-state index contributed by atoms with van der Waals surface area (Å²) in [6.45, 7) is 6.55. The zero-order valence-electron chi connectivity index (χ0n) is 14.1. The zero-order chi connectivity index (χ0) is 18.4. The number of aromatic nitrogens is 1. The second-order valence-electron chi connectivity index (χ2n) is 6.91. The van der Waals surface area contributed by atoms with E-state index in [0.717, 1.165) is 10.6 Å². The van der Waals surface area contributed by atoms with Gasteiger partial charge < -0.3 is 13.9 Å². The molecule has 0 bridgehead atoms. The lowest BCUT2D eigenvalue weighted by Crippen LogP contribution is -2.17. The summed E-state index contributed by atoms with van der Waals surface area (Å²) >= 11 is 12.4. The normalized spacial score (nSPS) is 17.9. The Morgan fingerprint density at radius 3 is 2.60 bits per heavy atom. The lowest BCUT2D eigenvalue weighted by Gasteiger charge is -2.16. The first-order valence-electron chi connectivity index (χ1n) is 7.84. The van der Waals surface area contributed by atoms with Crippen LogP contribution in [0.4, 0.5) is 4.39 Å². The van der Waals surface area contributed by atoms with E-state index in [-0.39, 0.29) is 33.5 Å². The molecule has 1 unspecified atom stereocenters. The van der Waals surface area contributed by atoms with Gasteiger partial charge in [-0.15, -0.1) is 0 Å². The van der Waals surface area contributed by atoms with E-state index < -0.39 is 17.0 Å². The highest BCUT2D eigenvalue weighted by atomic mass is 35.5. The molecule has 25 heavy (non-hydrogen) atoms. The molecule has 1 atom stereocenters. The van der Waals surface area contributed by atoms with Crippen LogP contribution in [-0.4, -0.2) is 23.9 Å². The second kappa shape index (κ2) is 6.67. The summed E-state index contributed by atoms with van der Waals surface area (Å²) in [6.07, 6.45) is 0.543. The third-order valence-electron chi connectivity index (χ3n) is 3.86. The van der Waals surface area contributed by atoms with Crippen molar-refractivity contribution in [1.82, 2.24) is 4.57 Å². The molecule has 0 radical (unpaired) electrons. The first kappa shape index (κ1) is 18.3. The molecule has 1 aliphatic rings. The third-order valence-corrected chi connectivity index (χ3v) is 4.50. The Morgan fingerprint density at radius 1 is 1.32 bits per heavy atom. The highest BCUT2D eigenvalue weighted by Crippen LogP contribution is 2.35. The molecule has 1 aromatic heterocycles. The van der Waals surface area contributed by atoms with Crippen LogP contribution >= 0.6 is 23.2 Å². The minimum Gasteiger partial charge on any atom is -0.486 e. The van der Waals surface area contributed by atoms with E-state index in [1.165, 1.54) is 6.07 Å². The molecule has 5 nitrogen and oxygen atoms in total. The molecule has 1 fully saturated rings. The molecule has 0 spiro atoms. The molecule has 3 rings (SSSR count). The van der Waals surface area contributed by atoms with Gasteiger partial charge in [0.25, 0.3) is 0 Å². The van der Waals surface area contributed by atoms with Gasteiger partial charge in [-0.3, -0.25) is 0 Å². The summed E-state index contributed by atoms with van der Waals surface area (Å²) in [5, 5.41) is 0.130. The minimum atomic E-state index is -0.772. The van der Waals surface area contributed by atoms with Gasteiger partial charge in [0.05, 0.1) is 23.9 Å². The maximum atomic E-state index is 14.5. The Labute approximate surface area is 154 Å². The van der Waals surface area contributed by atoms with E-state index in [1.54, 1.807) is 0 Å². The van der Waals surface area contributed by atoms with Crippen LogP contribution in [-0.2, 0) is 10.2 Å². The SMILES string of the molecule is CC(C)(C)c1oc(=O)n(-c2cc(OC3CCOC3)c(Cl)cc2F)c1Cl. The van der Waals surface area contributed by atoms with E-state index in [1.807, 2.05) is 20.8 Å². The van der Waals surface area contributed by atoms with Crippen LogP contribution in [0.2, 0.25) is 10.2 Å². The van der Waals surface area contributed by atoms with Crippen molar-refractivity contribution in [2.24, 2.45) is 0 Å². The highest BCUT2D eigenvalue weighted by Gasteiger charge is 2.28. The molecule has 0 saturated carbocycles. The van der Waals surface area contributed by atoms with Crippen LogP contribution in [0.3, 0.4) is 0 Å². The average Bonchev–Trinajstić information content (AvgIpc) is 3.10. The molecule has 0 amide bonds. The molecule has 1 saturated heterocycles. The predicted molar refractivity (Wildman–Crippen MR) is 92.8 cm³/mol. The molecule has 0 aliphatic carbocycles. The highest BCUT2D eigenvalue weighted by molar-refractivity contribution is 6.32. The van der Waals surface area contributed by atoms with E-state index in [0.29, 0.717) is 19.6 Å². The molecule has 0 N–H and O–H groups in total. The molecular formula is C17H18Cl2FNO4. The number of oxazole rings is 1. The smallest absolute Gasteiger partial charge is 0.425 e. The quantitative estimate of drug-likeness (QED) is 0.783. The summed E-state index contributed by atoms with van der Waals surface area (Å²) in [5.74, 6) is -0.938. The first-order valence-corrected chi connectivity index (χ1v) is 8.59. The van der Waals surface area contributed by atoms with Gasteiger partial charge in [0.2, 0.25) is 0 Å². The molecule has 2 aromatic rings. The van der Waals surface area contributed by atoms with Gasteiger partial charge in [-0.2, -0.15) is 0 Å². The lowest BCUT2D eigenvalue weighted by atomic mass is 9.94. The van der Waals surface area contributed by atoms with Gasteiger partial charge in [0, 0.05) is 17.9 Å². The summed E-state index contributed by atoms with van der Waals surface area (Å²) in [7, 11) is 0. The number of halogens is 3. The van der Waals surface area contributed by atoms with Gasteiger partial charge >= 0.3 is 5.76 Å². The zero-order valence-corrected chi connectivity index (χ0v) is 15.6. The first-order chi connectivity index (χ1) is 11.7. The Balaban J connectivity index is 2.08. The number of ether oxygens (including phenoxy) is 2. The summed E-state index contributed by atoms with van der Waals surface area (Å²) < 4.78 is 31.7. The number of hydrogen-bond acceptors (Lipinski definition) is 4. The number of hydrogen-bond donors (Lipinski definition) is 0. The van der Waals surface area contributed by atoms with Crippen LogP contribution in [0.5, 0.6) is 5.75 Å². The van der Waals surface area contributed by atoms with Gasteiger partial charge in [-0.05, 0) is 6.07 Å². The third kappa shape index (κ3) is 3.57. The second-order valence-corrected chi connectivity index (χ2v) is 7.68. The van der Waals surface area contributed by atoms with E-state index in [2.05, 4.69) is 0 Å². The van der Waals surface area contributed by atoms with E-state index in [4.69, 9.17) is 37.1 Å². The van der Waals surface area contributed by atoms with Crippen molar-refractivity contribution in [2.75, 3.05) is 13.2 Å². The van der Waals surface area contributed by atoms with Crippen LogP contribution in [0.25, 0.3) is 5.69 Å². The standard InChI is InChI=1S/C17H18Cl2FNO4/c1-17(2,3)14-15(19)21(16(22)25-14)12-7-13(10(18)6-11(12)20)24-9-4-5-23-8-9/h6-7,9H,4-5,8H2,1-3H3.